The van der Waals surface area contributed by atoms with Crippen LogP contribution in [-0.4, -0.2) is 16.9 Å². The summed E-state index contributed by atoms with van der Waals surface area (Å²) < 4.78 is 31.4. The zero-order chi connectivity index (χ0) is 13.2. The predicted molar refractivity (Wildman–Crippen MR) is 60.9 cm³/mol. The van der Waals surface area contributed by atoms with Crippen molar-refractivity contribution in [2.75, 3.05) is 0 Å². The highest BCUT2D eigenvalue weighted by atomic mass is 19.3. The summed E-state index contributed by atoms with van der Waals surface area (Å²) in [5.41, 5.74) is -0.0162. The second-order valence-electron chi connectivity index (χ2n) is 4.42. The van der Waals surface area contributed by atoms with Crippen LogP contribution in [0.15, 0.2) is 24.3 Å². The molecule has 1 aromatic carbocycles. The van der Waals surface area contributed by atoms with Gasteiger partial charge in [0.1, 0.15) is 5.75 Å². The Morgan fingerprint density at radius 1 is 1.22 bits per heavy atom. The highest BCUT2D eigenvalue weighted by molar-refractivity contribution is 5.36. The molecular weight excluding hydrogens is 244 g/mol. The van der Waals surface area contributed by atoms with E-state index in [4.69, 9.17) is 4.74 Å². The molecule has 2 rings (SSSR count). The van der Waals surface area contributed by atoms with Crippen molar-refractivity contribution in [3.8, 4) is 5.75 Å². The van der Waals surface area contributed by atoms with Gasteiger partial charge in [-0.05, 0) is 25.0 Å². The van der Waals surface area contributed by atoms with Crippen molar-refractivity contribution >= 4 is 5.69 Å². The number of ether oxygens (including phenoxy) is 1. The fraction of sp³-hybridized carbons (Fsp3) is 0.500. The summed E-state index contributed by atoms with van der Waals surface area (Å²) in [5, 5.41) is 10.5. The second kappa shape index (κ2) is 4.88. The number of nitro groups is 1. The molecule has 98 valence electrons. The van der Waals surface area contributed by atoms with Gasteiger partial charge < -0.3 is 4.74 Å². The van der Waals surface area contributed by atoms with E-state index >= 15 is 0 Å². The molecule has 0 saturated heterocycles. The first-order valence-electron chi connectivity index (χ1n) is 5.75. The normalized spacial score (nSPS) is 19.4. The van der Waals surface area contributed by atoms with Crippen LogP contribution in [0.1, 0.15) is 25.7 Å². The van der Waals surface area contributed by atoms with E-state index in [-0.39, 0.29) is 24.6 Å². The number of hydrogen-bond donors (Lipinski definition) is 0. The summed E-state index contributed by atoms with van der Waals surface area (Å²) in [6.07, 6.45) is 0.0644. The Kier molecular flexibility index (Phi) is 3.45. The van der Waals surface area contributed by atoms with E-state index in [1.165, 1.54) is 24.3 Å². The minimum Gasteiger partial charge on any atom is -0.490 e. The zero-order valence-electron chi connectivity index (χ0n) is 9.64. The standard InChI is InChI=1S/C12H13F2NO3/c13-12(14)7-5-11(6-8-12)18-10-3-1-9(2-4-10)15(16)17/h1-4,11H,5-8H2. The lowest BCUT2D eigenvalue weighted by atomic mass is 9.94. The summed E-state index contributed by atoms with van der Waals surface area (Å²) in [6.45, 7) is 0. The quantitative estimate of drug-likeness (QED) is 0.614. The molecule has 0 N–H and O–H groups in total. The minimum absolute atomic E-state index is 0.0162. The van der Waals surface area contributed by atoms with Gasteiger partial charge in [0.05, 0.1) is 11.0 Å². The van der Waals surface area contributed by atoms with E-state index in [0.29, 0.717) is 18.6 Å². The van der Waals surface area contributed by atoms with Gasteiger partial charge in [0, 0.05) is 25.0 Å². The molecule has 0 atom stereocenters. The summed E-state index contributed by atoms with van der Waals surface area (Å²) in [7, 11) is 0. The SMILES string of the molecule is O=[N+]([O-])c1ccc(OC2CCC(F)(F)CC2)cc1. The van der Waals surface area contributed by atoms with Crippen LogP contribution < -0.4 is 4.74 Å². The van der Waals surface area contributed by atoms with Crippen LogP contribution in [0.25, 0.3) is 0 Å². The Morgan fingerprint density at radius 3 is 2.28 bits per heavy atom. The minimum atomic E-state index is -2.57. The first kappa shape index (κ1) is 12.7. The highest BCUT2D eigenvalue weighted by Gasteiger charge is 2.35. The number of non-ortho nitro benzene ring substituents is 1. The maximum Gasteiger partial charge on any atom is 0.269 e. The maximum atomic E-state index is 12.9. The molecule has 0 heterocycles. The zero-order valence-corrected chi connectivity index (χ0v) is 9.64. The van der Waals surface area contributed by atoms with Crippen molar-refractivity contribution in [3.63, 3.8) is 0 Å². The summed E-state index contributed by atoms with van der Waals surface area (Å²) in [6, 6.07) is 5.66. The number of rotatable bonds is 3. The average molecular weight is 257 g/mol. The van der Waals surface area contributed by atoms with Gasteiger partial charge in [0.15, 0.2) is 0 Å². The van der Waals surface area contributed by atoms with Crippen molar-refractivity contribution < 1.29 is 18.4 Å². The van der Waals surface area contributed by atoms with Gasteiger partial charge in [-0.3, -0.25) is 10.1 Å². The molecule has 1 aliphatic carbocycles. The predicted octanol–water partition coefficient (Wildman–Crippen LogP) is 3.55. The number of benzene rings is 1. The van der Waals surface area contributed by atoms with E-state index < -0.39 is 10.8 Å². The molecule has 1 aliphatic rings. The third kappa shape index (κ3) is 3.15. The van der Waals surface area contributed by atoms with Crippen LogP contribution in [-0.2, 0) is 0 Å². The van der Waals surface area contributed by atoms with E-state index in [1.807, 2.05) is 0 Å². The number of hydrogen-bond acceptors (Lipinski definition) is 3. The van der Waals surface area contributed by atoms with Gasteiger partial charge in [-0.25, -0.2) is 8.78 Å². The van der Waals surface area contributed by atoms with Crippen LogP contribution in [0.3, 0.4) is 0 Å². The third-order valence-electron chi connectivity index (χ3n) is 3.01. The lowest BCUT2D eigenvalue weighted by Gasteiger charge is -2.28. The van der Waals surface area contributed by atoms with Crippen LogP contribution in [0.2, 0.25) is 0 Å². The first-order valence-corrected chi connectivity index (χ1v) is 5.75. The monoisotopic (exact) mass is 257 g/mol. The van der Waals surface area contributed by atoms with Gasteiger partial charge in [-0.1, -0.05) is 0 Å². The fourth-order valence-electron chi connectivity index (χ4n) is 1.97. The lowest BCUT2D eigenvalue weighted by Crippen LogP contribution is -2.30. The number of halogens is 2. The Morgan fingerprint density at radius 2 is 1.78 bits per heavy atom. The molecule has 4 nitrogen and oxygen atoms in total. The fourth-order valence-corrected chi connectivity index (χ4v) is 1.97. The molecule has 0 unspecified atom stereocenters. The second-order valence-corrected chi connectivity index (χ2v) is 4.42. The van der Waals surface area contributed by atoms with Gasteiger partial charge in [-0.15, -0.1) is 0 Å². The topological polar surface area (TPSA) is 52.4 Å². The first-order chi connectivity index (χ1) is 8.46. The summed E-state index contributed by atoms with van der Waals surface area (Å²) in [5.74, 6) is -2.09. The number of alkyl halides is 2. The van der Waals surface area contributed by atoms with E-state index in [2.05, 4.69) is 0 Å². The van der Waals surface area contributed by atoms with Crippen molar-refractivity contribution in [1.29, 1.82) is 0 Å². The van der Waals surface area contributed by atoms with E-state index in [1.54, 1.807) is 0 Å². The molecule has 6 heteroatoms. The molecule has 18 heavy (non-hydrogen) atoms. The molecule has 0 aromatic heterocycles. The van der Waals surface area contributed by atoms with Gasteiger partial charge in [0.25, 0.3) is 5.69 Å². The third-order valence-corrected chi connectivity index (χ3v) is 3.01. The smallest absolute Gasteiger partial charge is 0.269 e. The van der Waals surface area contributed by atoms with Crippen LogP contribution >= 0.6 is 0 Å². The summed E-state index contributed by atoms with van der Waals surface area (Å²) in [4.78, 5) is 9.96. The van der Waals surface area contributed by atoms with Crippen LogP contribution in [0.5, 0.6) is 5.75 Å². The molecule has 1 aromatic rings. The molecule has 0 amide bonds. The Hall–Kier alpha value is -1.72. The Bertz CT molecular complexity index is 423. The molecule has 1 saturated carbocycles. The molecule has 0 bridgehead atoms. The molecule has 0 aliphatic heterocycles. The maximum absolute atomic E-state index is 12.9. The lowest BCUT2D eigenvalue weighted by molar-refractivity contribution is -0.384. The number of nitro benzene ring substituents is 1. The van der Waals surface area contributed by atoms with Crippen molar-refractivity contribution in [1.82, 2.24) is 0 Å². The highest BCUT2D eigenvalue weighted by Crippen LogP contribution is 2.34. The van der Waals surface area contributed by atoms with Crippen molar-refractivity contribution in [2.45, 2.75) is 37.7 Å². The molecule has 1 fully saturated rings. The van der Waals surface area contributed by atoms with Gasteiger partial charge in [0.2, 0.25) is 5.92 Å². The van der Waals surface area contributed by atoms with Gasteiger partial charge >= 0.3 is 0 Å². The average Bonchev–Trinajstić information content (AvgIpc) is 2.33. The Labute approximate surface area is 103 Å². The largest absolute Gasteiger partial charge is 0.490 e. The molecule has 0 spiro atoms. The van der Waals surface area contributed by atoms with Crippen LogP contribution in [0.4, 0.5) is 14.5 Å². The molecular formula is C12H13F2NO3. The summed E-state index contributed by atoms with van der Waals surface area (Å²) >= 11 is 0. The van der Waals surface area contributed by atoms with Crippen molar-refractivity contribution in [2.24, 2.45) is 0 Å². The van der Waals surface area contributed by atoms with Gasteiger partial charge in [-0.2, -0.15) is 0 Å². The van der Waals surface area contributed by atoms with E-state index in [0.717, 1.165) is 0 Å². The van der Waals surface area contributed by atoms with E-state index in [9.17, 15) is 18.9 Å². The van der Waals surface area contributed by atoms with Crippen molar-refractivity contribution in [3.05, 3.63) is 34.4 Å². The Balaban J connectivity index is 1.92. The number of nitrogens with zero attached hydrogens (tertiary/aromatic N) is 1. The van der Waals surface area contributed by atoms with Crippen LogP contribution in [0, 0.1) is 10.1 Å². The molecule has 0 radical (unpaired) electrons.